The number of hydrogen-bond acceptors (Lipinski definition) is 5. The maximum absolute atomic E-state index is 11.2. The zero-order valence-corrected chi connectivity index (χ0v) is 10.0. The maximum Gasteiger partial charge on any atom is 0.338 e. The van der Waals surface area contributed by atoms with Crippen molar-refractivity contribution in [1.29, 1.82) is 0 Å². The van der Waals surface area contributed by atoms with E-state index in [0.717, 1.165) is 0 Å². The van der Waals surface area contributed by atoms with Gasteiger partial charge in [-0.2, -0.15) is 0 Å². The molecule has 4 N–H and O–H groups in total. The molecule has 0 amide bonds. The summed E-state index contributed by atoms with van der Waals surface area (Å²) in [7, 11) is 0. The molecule has 94 valence electrons. The summed E-state index contributed by atoms with van der Waals surface area (Å²) in [6.45, 7) is 1.73. The standard InChI is InChI=1S/C11H14ClNO4/c1-2-17-11(16)10(15)9(14)7-4-3-6(12)5-8(7)13/h3-5,9-10,14-15H,2,13H2,1H3. The van der Waals surface area contributed by atoms with E-state index in [1.54, 1.807) is 6.92 Å². The van der Waals surface area contributed by atoms with Crippen LogP contribution in [0.3, 0.4) is 0 Å². The van der Waals surface area contributed by atoms with Crippen molar-refractivity contribution in [3.8, 4) is 0 Å². The lowest BCUT2D eigenvalue weighted by molar-refractivity contribution is -0.159. The largest absolute Gasteiger partial charge is 0.464 e. The van der Waals surface area contributed by atoms with E-state index in [0.29, 0.717) is 5.02 Å². The van der Waals surface area contributed by atoms with E-state index in [1.807, 2.05) is 0 Å². The number of benzene rings is 1. The quantitative estimate of drug-likeness (QED) is 0.551. The Balaban J connectivity index is 2.88. The number of aliphatic hydroxyl groups is 2. The molecular weight excluding hydrogens is 246 g/mol. The lowest BCUT2D eigenvalue weighted by Gasteiger charge is -2.18. The molecule has 0 bridgehead atoms. The maximum atomic E-state index is 11.2. The lowest BCUT2D eigenvalue weighted by atomic mass is 10.0. The van der Waals surface area contributed by atoms with Gasteiger partial charge >= 0.3 is 5.97 Å². The molecule has 0 spiro atoms. The van der Waals surface area contributed by atoms with Crippen LogP contribution in [0.4, 0.5) is 5.69 Å². The molecule has 0 aliphatic heterocycles. The number of halogens is 1. The van der Waals surface area contributed by atoms with Crippen LogP contribution in [0, 0.1) is 0 Å². The summed E-state index contributed by atoms with van der Waals surface area (Å²) in [4.78, 5) is 11.2. The van der Waals surface area contributed by atoms with Crippen LogP contribution in [0.1, 0.15) is 18.6 Å². The second-order valence-electron chi connectivity index (χ2n) is 3.41. The highest BCUT2D eigenvalue weighted by molar-refractivity contribution is 6.30. The van der Waals surface area contributed by atoms with E-state index in [-0.39, 0.29) is 17.9 Å². The predicted molar refractivity (Wildman–Crippen MR) is 63.5 cm³/mol. The Morgan fingerprint density at radius 2 is 2.18 bits per heavy atom. The van der Waals surface area contributed by atoms with E-state index in [4.69, 9.17) is 17.3 Å². The Morgan fingerprint density at radius 1 is 1.53 bits per heavy atom. The number of esters is 1. The first-order valence-corrected chi connectivity index (χ1v) is 5.42. The minimum Gasteiger partial charge on any atom is -0.464 e. The summed E-state index contributed by atoms with van der Waals surface area (Å²) in [5.41, 5.74) is 6.06. The molecule has 0 saturated heterocycles. The van der Waals surface area contributed by atoms with Gasteiger partial charge in [0.15, 0.2) is 6.10 Å². The molecule has 2 atom stereocenters. The van der Waals surface area contributed by atoms with Crippen molar-refractivity contribution < 1.29 is 19.7 Å². The molecular formula is C11H14ClNO4. The average Bonchev–Trinajstić information content (AvgIpc) is 2.27. The Labute approximate surface area is 104 Å². The van der Waals surface area contributed by atoms with Crippen LogP contribution in [-0.4, -0.2) is 28.9 Å². The summed E-state index contributed by atoms with van der Waals surface area (Å²) in [6, 6.07) is 4.39. The van der Waals surface area contributed by atoms with Crippen molar-refractivity contribution in [2.45, 2.75) is 19.1 Å². The first-order chi connectivity index (χ1) is 7.97. The van der Waals surface area contributed by atoms with Gasteiger partial charge in [-0.3, -0.25) is 0 Å². The van der Waals surface area contributed by atoms with Crippen LogP contribution < -0.4 is 5.73 Å². The van der Waals surface area contributed by atoms with Crippen LogP contribution in [0.15, 0.2) is 18.2 Å². The third kappa shape index (κ3) is 3.33. The van der Waals surface area contributed by atoms with E-state index in [1.165, 1.54) is 18.2 Å². The summed E-state index contributed by atoms with van der Waals surface area (Å²) in [5.74, 6) is -0.894. The summed E-state index contributed by atoms with van der Waals surface area (Å²) in [5, 5.41) is 19.7. The highest BCUT2D eigenvalue weighted by atomic mass is 35.5. The SMILES string of the molecule is CCOC(=O)C(O)C(O)c1ccc(Cl)cc1N. The van der Waals surface area contributed by atoms with E-state index < -0.39 is 18.2 Å². The molecule has 0 aliphatic carbocycles. The molecule has 1 aromatic rings. The molecule has 6 heteroatoms. The highest BCUT2D eigenvalue weighted by Gasteiger charge is 2.28. The molecule has 0 radical (unpaired) electrons. The van der Waals surface area contributed by atoms with Gasteiger partial charge in [-0.15, -0.1) is 0 Å². The Hall–Kier alpha value is -1.30. The first kappa shape index (κ1) is 13.8. The third-order valence-electron chi connectivity index (χ3n) is 2.19. The Kier molecular flexibility index (Phi) is 4.74. The van der Waals surface area contributed by atoms with Crippen LogP contribution >= 0.6 is 11.6 Å². The summed E-state index contributed by atoms with van der Waals surface area (Å²) in [6.07, 6.45) is -3.11. The number of nitrogens with two attached hydrogens (primary N) is 1. The van der Waals surface area contributed by atoms with Gasteiger partial charge in [0.2, 0.25) is 0 Å². The van der Waals surface area contributed by atoms with E-state index >= 15 is 0 Å². The van der Waals surface area contributed by atoms with Crippen LogP contribution in [0.2, 0.25) is 5.02 Å². The summed E-state index contributed by atoms with van der Waals surface area (Å²) < 4.78 is 4.59. The minimum atomic E-state index is -1.67. The van der Waals surface area contributed by atoms with Crippen LogP contribution in [0.25, 0.3) is 0 Å². The second-order valence-corrected chi connectivity index (χ2v) is 3.85. The number of anilines is 1. The molecule has 0 saturated carbocycles. The van der Waals surface area contributed by atoms with Crippen molar-refractivity contribution in [3.05, 3.63) is 28.8 Å². The van der Waals surface area contributed by atoms with Gasteiger partial charge < -0.3 is 20.7 Å². The van der Waals surface area contributed by atoms with Gasteiger partial charge in [-0.1, -0.05) is 17.7 Å². The molecule has 0 aliphatic rings. The molecule has 17 heavy (non-hydrogen) atoms. The second kappa shape index (κ2) is 5.86. The number of carbonyl (C=O) groups is 1. The zero-order chi connectivity index (χ0) is 13.0. The Morgan fingerprint density at radius 3 is 2.71 bits per heavy atom. The lowest BCUT2D eigenvalue weighted by Crippen LogP contribution is -2.30. The van der Waals surface area contributed by atoms with Crippen molar-refractivity contribution >= 4 is 23.3 Å². The average molecular weight is 260 g/mol. The van der Waals surface area contributed by atoms with Gasteiger partial charge in [-0.05, 0) is 19.1 Å². The zero-order valence-electron chi connectivity index (χ0n) is 9.26. The number of nitrogen functional groups attached to an aromatic ring is 1. The molecule has 0 aromatic heterocycles. The fourth-order valence-electron chi connectivity index (χ4n) is 1.34. The topological polar surface area (TPSA) is 92.8 Å². The highest BCUT2D eigenvalue weighted by Crippen LogP contribution is 2.26. The number of carbonyl (C=O) groups excluding carboxylic acids is 1. The summed E-state index contributed by atoms with van der Waals surface area (Å²) >= 11 is 5.70. The fraction of sp³-hybridized carbons (Fsp3) is 0.364. The molecule has 0 heterocycles. The van der Waals surface area contributed by atoms with E-state index in [9.17, 15) is 15.0 Å². The molecule has 2 unspecified atom stereocenters. The van der Waals surface area contributed by atoms with Gasteiger partial charge in [0, 0.05) is 16.3 Å². The monoisotopic (exact) mass is 259 g/mol. The first-order valence-electron chi connectivity index (χ1n) is 5.05. The van der Waals surface area contributed by atoms with Gasteiger partial charge in [-0.25, -0.2) is 4.79 Å². The molecule has 5 nitrogen and oxygen atoms in total. The molecule has 0 fully saturated rings. The smallest absolute Gasteiger partial charge is 0.338 e. The van der Waals surface area contributed by atoms with E-state index in [2.05, 4.69) is 4.74 Å². The van der Waals surface area contributed by atoms with Crippen molar-refractivity contribution in [2.24, 2.45) is 0 Å². The predicted octanol–water partition coefficient (Wildman–Crippen LogP) is 0.880. The van der Waals surface area contributed by atoms with Crippen molar-refractivity contribution in [1.82, 2.24) is 0 Å². The third-order valence-corrected chi connectivity index (χ3v) is 2.43. The number of ether oxygens (including phenoxy) is 1. The molecule has 1 aromatic carbocycles. The fourth-order valence-corrected chi connectivity index (χ4v) is 1.52. The Bertz CT molecular complexity index is 410. The normalized spacial score (nSPS) is 14.1. The van der Waals surface area contributed by atoms with Crippen LogP contribution in [0.5, 0.6) is 0 Å². The van der Waals surface area contributed by atoms with Gasteiger partial charge in [0.1, 0.15) is 6.10 Å². The van der Waals surface area contributed by atoms with Gasteiger partial charge in [0.05, 0.1) is 6.61 Å². The minimum absolute atomic E-state index is 0.124. The van der Waals surface area contributed by atoms with Crippen LogP contribution in [-0.2, 0) is 9.53 Å². The van der Waals surface area contributed by atoms with Crippen molar-refractivity contribution in [2.75, 3.05) is 12.3 Å². The number of hydrogen-bond donors (Lipinski definition) is 3. The number of aliphatic hydroxyl groups excluding tert-OH is 2. The van der Waals surface area contributed by atoms with Gasteiger partial charge in [0.25, 0.3) is 0 Å². The van der Waals surface area contributed by atoms with Crippen molar-refractivity contribution in [3.63, 3.8) is 0 Å². The number of rotatable bonds is 4. The molecule has 1 rings (SSSR count).